The molecule has 0 aliphatic heterocycles. The number of hydrogen-bond acceptors (Lipinski definition) is 2. The molecule has 0 atom stereocenters. The number of aromatic amines is 1. The number of amides is 1. The Bertz CT molecular complexity index is 428. The van der Waals surface area contributed by atoms with E-state index in [1.54, 1.807) is 0 Å². The van der Waals surface area contributed by atoms with Gasteiger partial charge in [-0.1, -0.05) is 32.1 Å². The number of rotatable bonds is 3. The van der Waals surface area contributed by atoms with Crippen LogP contribution in [0.4, 0.5) is 5.82 Å². The van der Waals surface area contributed by atoms with Crippen molar-refractivity contribution in [2.45, 2.75) is 63.7 Å². The van der Waals surface area contributed by atoms with E-state index in [9.17, 15) is 4.79 Å². The van der Waals surface area contributed by atoms with Gasteiger partial charge in [0.25, 0.3) is 0 Å². The summed E-state index contributed by atoms with van der Waals surface area (Å²) in [6.07, 6.45) is 11.1. The molecule has 3 rings (SSSR count). The Morgan fingerprint density at radius 1 is 1.11 bits per heavy atom. The van der Waals surface area contributed by atoms with Gasteiger partial charge in [-0.2, -0.15) is 5.10 Å². The van der Waals surface area contributed by atoms with E-state index >= 15 is 0 Å². The fourth-order valence-electron chi connectivity index (χ4n) is 3.10. The number of nitrogens with one attached hydrogen (secondary N) is 2. The smallest absolute Gasteiger partial charge is 0.228 e. The largest absolute Gasteiger partial charge is 0.309 e. The molecule has 1 aromatic rings. The fraction of sp³-hybridized carbons (Fsp3) is 0.733. The van der Waals surface area contributed by atoms with Crippen LogP contribution in [0, 0.1) is 5.92 Å². The van der Waals surface area contributed by atoms with E-state index in [1.807, 2.05) is 6.07 Å². The van der Waals surface area contributed by atoms with Crippen molar-refractivity contribution in [2.75, 3.05) is 5.32 Å². The number of anilines is 1. The lowest BCUT2D eigenvalue weighted by Gasteiger charge is -2.23. The van der Waals surface area contributed by atoms with Crippen molar-refractivity contribution in [1.29, 1.82) is 0 Å². The van der Waals surface area contributed by atoms with E-state index in [2.05, 4.69) is 15.5 Å². The number of nitrogens with zero attached hydrogens (tertiary/aromatic N) is 1. The van der Waals surface area contributed by atoms with Crippen LogP contribution in [0.3, 0.4) is 0 Å². The fourth-order valence-corrected chi connectivity index (χ4v) is 3.10. The Morgan fingerprint density at radius 3 is 2.47 bits per heavy atom. The van der Waals surface area contributed by atoms with Crippen molar-refractivity contribution in [1.82, 2.24) is 10.2 Å². The molecule has 2 aliphatic rings. The Labute approximate surface area is 114 Å². The Kier molecular flexibility index (Phi) is 3.85. The molecule has 19 heavy (non-hydrogen) atoms. The van der Waals surface area contributed by atoms with Crippen LogP contribution in [0.2, 0.25) is 0 Å². The molecule has 1 aromatic heterocycles. The zero-order chi connectivity index (χ0) is 13.1. The third-order valence-electron chi connectivity index (χ3n) is 4.62. The van der Waals surface area contributed by atoms with Gasteiger partial charge in [0, 0.05) is 23.6 Å². The van der Waals surface area contributed by atoms with Crippen LogP contribution < -0.4 is 5.32 Å². The van der Waals surface area contributed by atoms with E-state index in [0.717, 1.165) is 12.8 Å². The summed E-state index contributed by atoms with van der Waals surface area (Å²) in [4.78, 5) is 11.9. The molecule has 1 heterocycles. The molecule has 4 nitrogen and oxygen atoms in total. The predicted molar refractivity (Wildman–Crippen MR) is 75.0 cm³/mol. The van der Waals surface area contributed by atoms with Crippen molar-refractivity contribution in [3.8, 4) is 0 Å². The van der Waals surface area contributed by atoms with Gasteiger partial charge in [0.1, 0.15) is 0 Å². The molecule has 2 aliphatic carbocycles. The second-order valence-corrected chi connectivity index (χ2v) is 6.01. The van der Waals surface area contributed by atoms with Gasteiger partial charge < -0.3 is 5.32 Å². The molecule has 0 unspecified atom stereocenters. The van der Waals surface area contributed by atoms with E-state index in [0.29, 0.717) is 11.7 Å². The van der Waals surface area contributed by atoms with Crippen molar-refractivity contribution >= 4 is 11.7 Å². The van der Waals surface area contributed by atoms with Gasteiger partial charge in [-0.05, 0) is 25.7 Å². The van der Waals surface area contributed by atoms with Crippen LogP contribution in [0.1, 0.15) is 69.4 Å². The highest BCUT2D eigenvalue weighted by Crippen LogP contribution is 2.32. The summed E-state index contributed by atoms with van der Waals surface area (Å²) >= 11 is 0. The summed E-state index contributed by atoms with van der Waals surface area (Å²) in [7, 11) is 0. The van der Waals surface area contributed by atoms with Gasteiger partial charge in [-0.15, -0.1) is 0 Å². The van der Waals surface area contributed by atoms with Gasteiger partial charge >= 0.3 is 0 Å². The lowest BCUT2D eigenvalue weighted by atomic mass is 9.85. The first kappa shape index (κ1) is 12.7. The number of H-pyrrole nitrogens is 1. The first-order valence-electron chi connectivity index (χ1n) is 7.69. The van der Waals surface area contributed by atoms with Crippen LogP contribution in [0.15, 0.2) is 6.07 Å². The zero-order valence-electron chi connectivity index (χ0n) is 11.5. The molecule has 2 saturated carbocycles. The van der Waals surface area contributed by atoms with E-state index in [1.165, 1.54) is 50.6 Å². The monoisotopic (exact) mass is 261 g/mol. The first-order valence-corrected chi connectivity index (χ1v) is 7.69. The average Bonchev–Trinajstić information content (AvgIpc) is 2.62. The minimum absolute atomic E-state index is 0.144. The van der Waals surface area contributed by atoms with E-state index in [4.69, 9.17) is 0 Å². The Balaban J connectivity index is 1.60. The summed E-state index contributed by atoms with van der Waals surface area (Å²) < 4.78 is 0. The molecule has 4 heteroatoms. The van der Waals surface area contributed by atoms with Crippen molar-refractivity contribution in [3.63, 3.8) is 0 Å². The topological polar surface area (TPSA) is 57.8 Å². The van der Waals surface area contributed by atoms with Crippen LogP contribution >= 0.6 is 0 Å². The lowest BCUT2D eigenvalue weighted by Crippen LogP contribution is -2.28. The molecule has 0 aromatic carbocycles. The minimum atomic E-state index is 0.144. The molecule has 0 spiro atoms. The normalized spacial score (nSPS) is 21.7. The van der Waals surface area contributed by atoms with Crippen LogP contribution in [-0.2, 0) is 4.79 Å². The molecule has 0 bridgehead atoms. The highest BCUT2D eigenvalue weighted by molar-refractivity contribution is 5.92. The van der Waals surface area contributed by atoms with Gasteiger partial charge in [0.2, 0.25) is 5.91 Å². The molecule has 0 radical (unpaired) electrons. The second-order valence-electron chi connectivity index (χ2n) is 6.01. The van der Waals surface area contributed by atoms with Gasteiger partial charge in [0.15, 0.2) is 5.82 Å². The van der Waals surface area contributed by atoms with E-state index < -0.39 is 0 Å². The lowest BCUT2D eigenvalue weighted by molar-refractivity contribution is -0.122. The molecule has 0 saturated heterocycles. The summed E-state index contributed by atoms with van der Waals surface area (Å²) in [6, 6.07) is 2.03. The predicted octanol–water partition coefficient (Wildman–Crippen LogP) is 3.59. The third-order valence-corrected chi connectivity index (χ3v) is 4.62. The van der Waals surface area contributed by atoms with Crippen molar-refractivity contribution in [2.24, 2.45) is 5.92 Å². The number of aromatic nitrogens is 2. The number of carbonyl (C=O) groups excluding carboxylic acids is 1. The maximum absolute atomic E-state index is 11.9. The second kappa shape index (κ2) is 5.76. The highest BCUT2D eigenvalue weighted by Gasteiger charge is 2.26. The highest BCUT2D eigenvalue weighted by atomic mass is 16.2. The average molecular weight is 261 g/mol. The van der Waals surface area contributed by atoms with Gasteiger partial charge in [0.05, 0.1) is 0 Å². The molecule has 1 amide bonds. The van der Waals surface area contributed by atoms with Crippen molar-refractivity contribution < 1.29 is 4.79 Å². The summed E-state index contributed by atoms with van der Waals surface area (Å²) in [6.45, 7) is 0. The van der Waals surface area contributed by atoms with Crippen molar-refractivity contribution in [3.05, 3.63) is 11.8 Å². The maximum Gasteiger partial charge on any atom is 0.228 e. The molecular weight excluding hydrogens is 238 g/mol. The van der Waals surface area contributed by atoms with Crippen LogP contribution in [0.5, 0.6) is 0 Å². The van der Waals surface area contributed by atoms with Gasteiger partial charge in [-0.25, -0.2) is 0 Å². The molecular formula is C15H23N3O. The number of hydrogen-bond donors (Lipinski definition) is 2. The summed E-state index contributed by atoms with van der Waals surface area (Å²) in [5, 5.41) is 10.3. The van der Waals surface area contributed by atoms with Crippen LogP contribution in [-0.4, -0.2) is 16.1 Å². The van der Waals surface area contributed by atoms with E-state index in [-0.39, 0.29) is 11.8 Å². The number of carbonyl (C=O) groups is 1. The first-order chi connectivity index (χ1) is 9.33. The van der Waals surface area contributed by atoms with Crippen LogP contribution in [0.25, 0.3) is 0 Å². The zero-order valence-corrected chi connectivity index (χ0v) is 11.5. The Morgan fingerprint density at radius 2 is 1.84 bits per heavy atom. The Hall–Kier alpha value is -1.32. The SMILES string of the molecule is O=C(Nc1cc(C2CCCCCC2)[nH]n1)C1CCC1. The molecule has 104 valence electrons. The quantitative estimate of drug-likeness (QED) is 0.817. The summed E-state index contributed by atoms with van der Waals surface area (Å²) in [5.74, 6) is 1.67. The standard InChI is InChI=1S/C15H23N3O/c19-15(12-8-5-9-12)16-14-10-13(17-18-14)11-6-3-1-2-4-7-11/h10-12H,1-9H2,(H2,16,17,18,19). The molecule has 2 fully saturated rings. The third kappa shape index (κ3) is 2.99. The minimum Gasteiger partial charge on any atom is -0.309 e. The summed E-state index contributed by atoms with van der Waals surface area (Å²) in [5.41, 5.74) is 1.20. The molecule has 2 N–H and O–H groups in total. The van der Waals surface area contributed by atoms with Gasteiger partial charge in [-0.3, -0.25) is 9.89 Å². The maximum atomic E-state index is 11.9.